The zero-order chi connectivity index (χ0) is 11.0. The van der Waals surface area contributed by atoms with E-state index < -0.39 is 0 Å². The molecule has 82 valence electrons. The average molecular weight is 213 g/mol. The largest absolute Gasteiger partial charge is 0.312 e. The smallest absolute Gasteiger partial charge is 0.0995 e. The Kier molecular flexibility index (Phi) is 2.26. The molecule has 0 spiro atoms. The van der Waals surface area contributed by atoms with Gasteiger partial charge in [0, 0.05) is 18.4 Å². The topological polar surface area (TPSA) is 29.9 Å². The Morgan fingerprint density at radius 1 is 1.31 bits per heavy atom. The molecule has 0 fully saturated rings. The van der Waals surface area contributed by atoms with E-state index in [4.69, 9.17) is 0 Å². The number of hydrogen-bond acceptors (Lipinski definition) is 2. The van der Waals surface area contributed by atoms with Gasteiger partial charge >= 0.3 is 0 Å². The van der Waals surface area contributed by atoms with E-state index in [0.29, 0.717) is 0 Å². The molecule has 16 heavy (non-hydrogen) atoms. The van der Waals surface area contributed by atoms with Crippen LogP contribution in [0.3, 0.4) is 0 Å². The van der Waals surface area contributed by atoms with Crippen molar-refractivity contribution in [3.63, 3.8) is 0 Å². The molecule has 0 saturated carbocycles. The van der Waals surface area contributed by atoms with Gasteiger partial charge in [0.15, 0.2) is 0 Å². The van der Waals surface area contributed by atoms with Crippen LogP contribution in [0.5, 0.6) is 0 Å². The first-order chi connectivity index (χ1) is 7.83. The highest BCUT2D eigenvalue weighted by Crippen LogP contribution is 2.18. The summed E-state index contributed by atoms with van der Waals surface area (Å²) in [5.41, 5.74) is 5.15. The minimum Gasteiger partial charge on any atom is -0.312 e. The average Bonchev–Trinajstić information content (AvgIpc) is 2.75. The molecule has 0 amide bonds. The maximum atomic E-state index is 4.26. The third-order valence-corrected chi connectivity index (χ3v) is 3.09. The van der Waals surface area contributed by atoms with Crippen molar-refractivity contribution in [3.05, 3.63) is 47.5 Å². The third-order valence-electron chi connectivity index (χ3n) is 3.09. The SMILES string of the molecule is Cc1cn(-c2ccc3c(c2)CCNC3)cn1. The second-order valence-electron chi connectivity index (χ2n) is 4.30. The first kappa shape index (κ1) is 9.60. The molecule has 1 N–H and O–H groups in total. The van der Waals surface area contributed by atoms with E-state index in [2.05, 4.69) is 39.3 Å². The van der Waals surface area contributed by atoms with Crippen LogP contribution in [0.4, 0.5) is 0 Å². The molecule has 3 rings (SSSR count). The molecular formula is C13H15N3. The summed E-state index contributed by atoms with van der Waals surface area (Å²) in [6.07, 6.45) is 5.05. The molecule has 0 bridgehead atoms. The molecule has 2 heterocycles. The maximum Gasteiger partial charge on any atom is 0.0995 e. The summed E-state index contributed by atoms with van der Waals surface area (Å²) in [5.74, 6) is 0. The van der Waals surface area contributed by atoms with Gasteiger partial charge in [-0.2, -0.15) is 0 Å². The fourth-order valence-corrected chi connectivity index (χ4v) is 2.19. The molecule has 1 aromatic carbocycles. The Labute approximate surface area is 95.1 Å². The van der Waals surface area contributed by atoms with Crippen molar-refractivity contribution in [2.24, 2.45) is 0 Å². The van der Waals surface area contributed by atoms with Gasteiger partial charge in [-0.05, 0) is 43.1 Å². The Morgan fingerprint density at radius 3 is 3.06 bits per heavy atom. The van der Waals surface area contributed by atoms with Crippen molar-refractivity contribution >= 4 is 0 Å². The lowest BCUT2D eigenvalue weighted by Crippen LogP contribution is -2.23. The fourth-order valence-electron chi connectivity index (χ4n) is 2.19. The lowest BCUT2D eigenvalue weighted by Gasteiger charge is -2.17. The molecule has 1 aromatic heterocycles. The molecule has 0 aliphatic carbocycles. The van der Waals surface area contributed by atoms with Crippen molar-refractivity contribution in [3.8, 4) is 5.69 Å². The van der Waals surface area contributed by atoms with Crippen molar-refractivity contribution < 1.29 is 0 Å². The van der Waals surface area contributed by atoms with Crippen LogP contribution < -0.4 is 5.32 Å². The number of nitrogens with zero attached hydrogens (tertiary/aromatic N) is 2. The Morgan fingerprint density at radius 2 is 2.25 bits per heavy atom. The van der Waals surface area contributed by atoms with Gasteiger partial charge in [0.1, 0.15) is 0 Å². The first-order valence-corrected chi connectivity index (χ1v) is 5.66. The Hall–Kier alpha value is -1.61. The number of fused-ring (bicyclic) bond motifs is 1. The van der Waals surface area contributed by atoms with Gasteiger partial charge in [-0.3, -0.25) is 0 Å². The van der Waals surface area contributed by atoms with E-state index in [-0.39, 0.29) is 0 Å². The van der Waals surface area contributed by atoms with Gasteiger partial charge < -0.3 is 9.88 Å². The minimum atomic E-state index is 0.999. The van der Waals surface area contributed by atoms with Crippen LogP contribution in [0.2, 0.25) is 0 Å². The van der Waals surface area contributed by atoms with Gasteiger partial charge in [0.05, 0.1) is 12.0 Å². The predicted octanol–water partition coefficient (Wildman–Crippen LogP) is 1.83. The van der Waals surface area contributed by atoms with Crippen LogP contribution >= 0.6 is 0 Å². The summed E-state index contributed by atoms with van der Waals surface area (Å²) in [7, 11) is 0. The highest BCUT2D eigenvalue weighted by molar-refractivity contribution is 5.42. The van der Waals surface area contributed by atoms with Gasteiger partial charge in [-0.15, -0.1) is 0 Å². The van der Waals surface area contributed by atoms with Crippen molar-refractivity contribution in [2.75, 3.05) is 6.54 Å². The normalized spacial score (nSPS) is 14.8. The first-order valence-electron chi connectivity index (χ1n) is 5.66. The van der Waals surface area contributed by atoms with E-state index in [1.165, 1.54) is 16.8 Å². The van der Waals surface area contributed by atoms with Gasteiger partial charge in [-0.1, -0.05) is 6.07 Å². The van der Waals surface area contributed by atoms with Crippen LogP contribution in [0, 0.1) is 6.92 Å². The van der Waals surface area contributed by atoms with Gasteiger partial charge in [0.25, 0.3) is 0 Å². The summed E-state index contributed by atoms with van der Waals surface area (Å²) in [6, 6.07) is 6.65. The molecule has 0 atom stereocenters. The van der Waals surface area contributed by atoms with E-state index in [9.17, 15) is 0 Å². The molecule has 2 aromatic rings. The quantitative estimate of drug-likeness (QED) is 0.783. The Balaban J connectivity index is 2.02. The number of nitrogens with one attached hydrogen (secondary N) is 1. The second-order valence-corrected chi connectivity index (χ2v) is 4.30. The molecule has 0 radical (unpaired) electrons. The lowest BCUT2D eigenvalue weighted by molar-refractivity contribution is 0.643. The van der Waals surface area contributed by atoms with E-state index in [1.54, 1.807) is 0 Å². The number of hydrogen-bond donors (Lipinski definition) is 1. The summed E-state index contributed by atoms with van der Waals surface area (Å²) >= 11 is 0. The van der Waals surface area contributed by atoms with Crippen LogP contribution in [0.1, 0.15) is 16.8 Å². The number of imidazole rings is 1. The summed E-state index contributed by atoms with van der Waals surface area (Å²) < 4.78 is 2.08. The van der Waals surface area contributed by atoms with Crippen LogP contribution in [-0.4, -0.2) is 16.1 Å². The van der Waals surface area contributed by atoms with Gasteiger partial charge in [-0.25, -0.2) is 4.98 Å². The summed E-state index contributed by atoms with van der Waals surface area (Å²) in [5, 5.41) is 3.39. The standard InChI is InChI=1S/C13H15N3/c1-10-8-16(9-15-10)13-3-2-12-7-14-5-4-11(12)6-13/h2-3,6,8-9,14H,4-5,7H2,1H3. The van der Waals surface area contributed by atoms with E-state index in [0.717, 1.165) is 25.2 Å². The van der Waals surface area contributed by atoms with Crippen molar-refractivity contribution in [1.82, 2.24) is 14.9 Å². The lowest BCUT2D eigenvalue weighted by atomic mass is 10.0. The number of benzene rings is 1. The Bertz CT molecular complexity index is 514. The van der Waals surface area contributed by atoms with Crippen LogP contribution in [0.25, 0.3) is 5.69 Å². The highest BCUT2D eigenvalue weighted by atomic mass is 15.0. The highest BCUT2D eigenvalue weighted by Gasteiger charge is 2.09. The molecule has 0 unspecified atom stereocenters. The third kappa shape index (κ3) is 1.63. The van der Waals surface area contributed by atoms with E-state index >= 15 is 0 Å². The van der Waals surface area contributed by atoms with Crippen molar-refractivity contribution in [1.29, 1.82) is 0 Å². The second kappa shape index (κ2) is 3.76. The zero-order valence-corrected chi connectivity index (χ0v) is 9.40. The summed E-state index contributed by atoms with van der Waals surface area (Å²) in [6.45, 7) is 4.09. The molecular weight excluding hydrogens is 198 g/mol. The molecule has 3 nitrogen and oxygen atoms in total. The monoisotopic (exact) mass is 213 g/mol. The molecule has 3 heteroatoms. The maximum absolute atomic E-state index is 4.26. The molecule has 1 aliphatic rings. The van der Waals surface area contributed by atoms with Crippen LogP contribution in [-0.2, 0) is 13.0 Å². The zero-order valence-electron chi connectivity index (χ0n) is 9.40. The van der Waals surface area contributed by atoms with Gasteiger partial charge in [0.2, 0.25) is 0 Å². The fraction of sp³-hybridized carbons (Fsp3) is 0.308. The molecule has 1 aliphatic heterocycles. The number of aryl methyl sites for hydroxylation is 1. The number of aromatic nitrogens is 2. The van der Waals surface area contributed by atoms with Crippen molar-refractivity contribution in [2.45, 2.75) is 19.9 Å². The number of rotatable bonds is 1. The predicted molar refractivity (Wildman–Crippen MR) is 63.7 cm³/mol. The van der Waals surface area contributed by atoms with Crippen LogP contribution in [0.15, 0.2) is 30.7 Å². The van der Waals surface area contributed by atoms with E-state index in [1.807, 2.05) is 13.3 Å². The molecule has 0 saturated heterocycles. The summed E-state index contributed by atoms with van der Waals surface area (Å²) in [4.78, 5) is 4.26. The minimum absolute atomic E-state index is 0.999.